The second-order valence-electron chi connectivity index (χ2n) is 8.72. The summed E-state index contributed by atoms with van der Waals surface area (Å²) in [6.45, 7) is 4.71. The number of nitrogens with zero attached hydrogens (tertiary/aromatic N) is 1. The van der Waals surface area contributed by atoms with Gasteiger partial charge in [0, 0.05) is 24.0 Å². The number of hydrogen-bond donors (Lipinski definition) is 1. The summed E-state index contributed by atoms with van der Waals surface area (Å²) in [4.78, 5) is 28.6. The van der Waals surface area contributed by atoms with Gasteiger partial charge < -0.3 is 15.0 Å². The monoisotopic (exact) mass is 570 g/mol. The smallest absolute Gasteiger partial charge is 0.261 e. The van der Waals surface area contributed by atoms with Crippen LogP contribution in [-0.2, 0) is 22.6 Å². The van der Waals surface area contributed by atoms with E-state index in [1.165, 1.54) is 0 Å². The standard InChI is InChI=1S/C29H32BrClN2O3/c1-3-4-16-32-29(35)26(17-22-8-6-5-7-9-22)33(19-23-12-10-21(2)11-13-23)28(34)20-36-27-15-14-24(30)18-25(27)31/h5-15,18,26H,3-4,16-17,19-20H2,1-2H3,(H,32,35)/t26-/m0/s1. The molecule has 0 fully saturated rings. The molecule has 0 bridgehead atoms. The molecule has 2 amide bonds. The van der Waals surface area contributed by atoms with Crippen LogP contribution in [-0.4, -0.2) is 35.9 Å². The fraction of sp³-hybridized carbons (Fsp3) is 0.310. The highest BCUT2D eigenvalue weighted by Crippen LogP contribution is 2.28. The molecular weight excluding hydrogens is 540 g/mol. The van der Waals surface area contributed by atoms with Crippen molar-refractivity contribution in [1.29, 1.82) is 0 Å². The highest BCUT2D eigenvalue weighted by molar-refractivity contribution is 9.10. The quantitative estimate of drug-likeness (QED) is 0.258. The zero-order valence-electron chi connectivity index (χ0n) is 20.7. The molecule has 0 saturated heterocycles. The van der Waals surface area contributed by atoms with E-state index in [2.05, 4.69) is 28.2 Å². The molecular formula is C29H32BrClN2O3. The first kappa shape index (κ1) is 27.8. The number of carbonyl (C=O) groups is 2. The molecule has 190 valence electrons. The van der Waals surface area contributed by atoms with Crippen LogP contribution in [0.4, 0.5) is 0 Å². The first-order valence-electron chi connectivity index (χ1n) is 12.1. The van der Waals surface area contributed by atoms with Crippen LogP contribution in [0.1, 0.15) is 36.5 Å². The minimum absolute atomic E-state index is 0.172. The molecule has 36 heavy (non-hydrogen) atoms. The average Bonchev–Trinajstić information content (AvgIpc) is 2.87. The van der Waals surface area contributed by atoms with Gasteiger partial charge in [0.15, 0.2) is 6.61 Å². The van der Waals surface area contributed by atoms with Crippen LogP contribution in [0.3, 0.4) is 0 Å². The highest BCUT2D eigenvalue weighted by Gasteiger charge is 2.30. The van der Waals surface area contributed by atoms with E-state index in [1.807, 2.05) is 61.5 Å². The maximum Gasteiger partial charge on any atom is 0.261 e. The highest BCUT2D eigenvalue weighted by atomic mass is 79.9. The largest absolute Gasteiger partial charge is 0.482 e. The lowest BCUT2D eigenvalue weighted by molar-refractivity contribution is -0.142. The summed E-state index contributed by atoms with van der Waals surface area (Å²) in [5.41, 5.74) is 3.05. The van der Waals surface area contributed by atoms with Gasteiger partial charge in [-0.1, -0.05) is 101 Å². The molecule has 0 saturated carbocycles. The lowest BCUT2D eigenvalue weighted by Gasteiger charge is -2.31. The summed E-state index contributed by atoms with van der Waals surface area (Å²) < 4.78 is 6.61. The average molecular weight is 572 g/mol. The van der Waals surface area contributed by atoms with E-state index < -0.39 is 6.04 Å². The number of amides is 2. The minimum Gasteiger partial charge on any atom is -0.482 e. The van der Waals surface area contributed by atoms with Crippen LogP contribution in [0.5, 0.6) is 5.75 Å². The maximum absolute atomic E-state index is 13.6. The predicted octanol–water partition coefficient (Wildman–Crippen LogP) is 6.35. The molecule has 0 aliphatic heterocycles. The summed E-state index contributed by atoms with van der Waals surface area (Å²) in [7, 11) is 0. The molecule has 1 atom stereocenters. The summed E-state index contributed by atoms with van der Waals surface area (Å²) >= 11 is 9.66. The van der Waals surface area contributed by atoms with Gasteiger partial charge in [-0.25, -0.2) is 0 Å². The van der Waals surface area contributed by atoms with Crippen LogP contribution in [0, 0.1) is 6.92 Å². The van der Waals surface area contributed by atoms with Crippen molar-refractivity contribution in [2.75, 3.05) is 13.2 Å². The first-order chi connectivity index (χ1) is 17.4. The summed E-state index contributed by atoms with van der Waals surface area (Å²) in [5, 5.41) is 3.43. The number of halogens is 2. The van der Waals surface area contributed by atoms with Gasteiger partial charge in [-0.3, -0.25) is 9.59 Å². The molecule has 3 rings (SSSR count). The van der Waals surface area contributed by atoms with E-state index in [0.29, 0.717) is 23.7 Å². The molecule has 0 unspecified atom stereocenters. The van der Waals surface area contributed by atoms with Crippen molar-refractivity contribution in [2.24, 2.45) is 0 Å². The van der Waals surface area contributed by atoms with Crippen LogP contribution in [0.25, 0.3) is 0 Å². The molecule has 0 heterocycles. The minimum atomic E-state index is -0.693. The molecule has 3 aromatic rings. The van der Waals surface area contributed by atoms with E-state index >= 15 is 0 Å². The number of nitrogens with one attached hydrogen (secondary N) is 1. The molecule has 0 aromatic heterocycles. The Morgan fingerprint density at radius 3 is 2.42 bits per heavy atom. The molecule has 5 nitrogen and oxygen atoms in total. The summed E-state index contributed by atoms with van der Waals surface area (Å²) in [5.74, 6) is -0.0499. The maximum atomic E-state index is 13.6. The molecule has 3 aromatic carbocycles. The van der Waals surface area contributed by atoms with Gasteiger partial charge in [-0.2, -0.15) is 0 Å². The zero-order chi connectivity index (χ0) is 25.9. The van der Waals surface area contributed by atoms with E-state index in [4.69, 9.17) is 16.3 Å². The van der Waals surface area contributed by atoms with Crippen molar-refractivity contribution < 1.29 is 14.3 Å². The van der Waals surface area contributed by atoms with Crippen LogP contribution < -0.4 is 10.1 Å². The number of ether oxygens (including phenoxy) is 1. The third-order valence-electron chi connectivity index (χ3n) is 5.82. The van der Waals surface area contributed by atoms with Gasteiger partial charge in [-0.05, 0) is 42.7 Å². The Hall–Kier alpha value is -2.83. The normalized spacial score (nSPS) is 11.6. The SMILES string of the molecule is CCCCNC(=O)[C@H](Cc1ccccc1)N(Cc1ccc(C)cc1)C(=O)COc1ccc(Br)cc1Cl. The van der Waals surface area contributed by atoms with Crippen molar-refractivity contribution in [1.82, 2.24) is 10.2 Å². The van der Waals surface area contributed by atoms with Crippen molar-refractivity contribution in [2.45, 2.75) is 45.7 Å². The Kier molecular flexibility index (Phi) is 10.8. The van der Waals surface area contributed by atoms with Gasteiger partial charge in [0.05, 0.1) is 5.02 Å². The van der Waals surface area contributed by atoms with E-state index in [-0.39, 0.29) is 25.0 Å². The Balaban J connectivity index is 1.88. The molecule has 1 N–H and O–H groups in total. The Bertz CT molecular complexity index is 1140. The van der Waals surface area contributed by atoms with Gasteiger partial charge >= 0.3 is 0 Å². The van der Waals surface area contributed by atoms with Crippen molar-refractivity contribution in [3.05, 3.63) is 99.0 Å². The summed E-state index contributed by atoms with van der Waals surface area (Å²) in [6.07, 6.45) is 2.24. The number of benzene rings is 3. The molecule has 7 heteroatoms. The van der Waals surface area contributed by atoms with Gasteiger partial charge in [0.25, 0.3) is 5.91 Å². The predicted molar refractivity (Wildman–Crippen MR) is 148 cm³/mol. The third kappa shape index (κ3) is 8.38. The topological polar surface area (TPSA) is 58.6 Å². The first-order valence-corrected chi connectivity index (χ1v) is 13.3. The van der Waals surface area contributed by atoms with Crippen LogP contribution in [0.15, 0.2) is 77.3 Å². The number of aryl methyl sites for hydroxylation is 1. The van der Waals surface area contributed by atoms with E-state index in [1.54, 1.807) is 23.1 Å². The number of rotatable bonds is 12. The lowest BCUT2D eigenvalue weighted by Crippen LogP contribution is -2.51. The van der Waals surface area contributed by atoms with Crippen molar-refractivity contribution in [3.63, 3.8) is 0 Å². The lowest BCUT2D eigenvalue weighted by atomic mass is 10.0. The zero-order valence-corrected chi connectivity index (χ0v) is 23.0. The van der Waals surface area contributed by atoms with Crippen LogP contribution in [0.2, 0.25) is 5.02 Å². The number of hydrogen-bond acceptors (Lipinski definition) is 3. The van der Waals surface area contributed by atoms with Gasteiger partial charge in [-0.15, -0.1) is 0 Å². The summed E-state index contributed by atoms with van der Waals surface area (Å²) in [6, 6.07) is 22.3. The fourth-order valence-corrected chi connectivity index (χ4v) is 4.49. The third-order valence-corrected chi connectivity index (χ3v) is 6.61. The Morgan fingerprint density at radius 1 is 1.03 bits per heavy atom. The van der Waals surface area contributed by atoms with Gasteiger partial charge in [0.2, 0.25) is 5.91 Å². The second-order valence-corrected chi connectivity index (χ2v) is 10.0. The van der Waals surface area contributed by atoms with Crippen LogP contribution >= 0.6 is 27.5 Å². The fourth-order valence-electron chi connectivity index (χ4n) is 3.76. The Labute approximate surface area is 226 Å². The number of unbranched alkanes of at least 4 members (excludes halogenated alkanes) is 1. The van der Waals surface area contributed by atoms with Crippen molar-refractivity contribution >= 4 is 39.3 Å². The Morgan fingerprint density at radius 2 is 1.75 bits per heavy atom. The molecule has 0 aliphatic rings. The second kappa shape index (κ2) is 14.0. The van der Waals surface area contributed by atoms with Gasteiger partial charge in [0.1, 0.15) is 11.8 Å². The molecule has 0 radical (unpaired) electrons. The van der Waals surface area contributed by atoms with Crippen molar-refractivity contribution in [3.8, 4) is 5.75 Å². The van der Waals surface area contributed by atoms with E-state index in [0.717, 1.165) is 34.0 Å². The number of carbonyl (C=O) groups excluding carboxylic acids is 2. The molecule has 0 aliphatic carbocycles. The van der Waals surface area contributed by atoms with E-state index in [9.17, 15) is 9.59 Å². The molecule has 0 spiro atoms.